The van der Waals surface area contributed by atoms with E-state index >= 15 is 0 Å². The number of H-pyrrole nitrogens is 1. The van der Waals surface area contributed by atoms with Crippen molar-refractivity contribution in [3.63, 3.8) is 0 Å². The van der Waals surface area contributed by atoms with Crippen LogP contribution in [-0.4, -0.2) is 35.0 Å². The predicted molar refractivity (Wildman–Crippen MR) is 120 cm³/mol. The van der Waals surface area contributed by atoms with Gasteiger partial charge < -0.3 is 15.0 Å². The number of aromatic nitrogens is 1. The molecule has 0 spiro atoms. The fourth-order valence-corrected chi connectivity index (χ4v) is 3.58. The van der Waals surface area contributed by atoms with Gasteiger partial charge in [0.25, 0.3) is 0 Å². The largest absolute Gasteiger partial charge is 0.454 e. The number of esters is 1. The van der Waals surface area contributed by atoms with Gasteiger partial charge >= 0.3 is 5.97 Å². The van der Waals surface area contributed by atoms with Gasteiger partial charge in [0.15, 0.2) is 12.4 Å². The Balaban J connectivity index is 1.67. The topological polar surface area (TPSA) is 105 Å². The molecular weight excluding hydrogens is 408 g/mol. The number of ether oxygens (including phenoxy) is 1. The monoisotopic (exact) mass is 432 g/mol. The van der Waals surface area contributed by atoms with Crippen LogP contribution in [0.5, 0.6) is 0 Å². The highest BCUT2D eigenvalue weighted by molar-refractivity contribution is 6.05. The number of amides is 1. The average Bonchev–Trinajstić information content (AvgIpc) is 3.07. The standard InChI is InChI=1S/C25H24N2O5/c1-15-23(17(3)28)16(2)26-24(15)21(29)14-32-25(31)19-11-7-8-12-20(19)27-22(30)13-18-9-5-4-6-10-18/h4-12,26H,13-14H2,1-3H3,(H,27,30). The Morgan fingerprint density at radius 1 is 0.938 bits per heavy atom. The van der Waals surface area contributed by atoms with Gasteiger partial charge in [-0.1, -0.05) is 42.5 Å². The van der Waals surface area contributed by atoms with E-state index in [0.29, 0.717) is 22.5 Å². The highest BCUT2D eigenvalue weighted by Crippen LogP contribution is 2.20. The summed E-state index contributed by atoms with van der Waals surface area (Å²) in [4.78, 5) is 52.2. The molecule has 1 amide bonds. The second-order valence-corrected chi connectivity index (χ2v) is 7.44. The SMILES string of the molecule is CC(=O)c1c(C)[nH]c(C(=O)COC(=O)c2ccccc2NC(=O)Cc2ccccc2)c1C. The maximum atomic E-state index is 12.6. The lowest BCUT2D eigenvalue weighted by atomic mass is 10.1. The van der Waals surface area contributed by atoms with E-state index in [0.717, 1.165) is 5.56 Å². The van der Waals surface area contributed by atoms with Gasteiger partial charge in [-0.05, 0) is 44.0 Å². The van der Waals surface area contributed by atoms with E-state index in [1.807, 2.05) is 30.3 Å². The fraction of sp³-hybridized carbons (Fsp3) is 0.200. The van der Waals surface area contributed by atoms with Crippen LogP contribution in [0.25, 0.3) is 0 Å². The smallest absolute Gasteiger partial charge is 0.340 e. The number of aryl methyl sites for hydroxylation is 1. The first-order valence-electron chi connectivity index (χ1n) is 10.1. The molecule has 7 heteroatoms. The summed E-state index contributed by atoms with van der Waals surface area (Å²) in [6.45, 7) is 4.32. The van der Waals surface area contributed by atoms with Crippen molar-refractivity contribution in [3.05, 3.63) is 88.2 Å². The van der Waals surface area contributed by atoms with Crippen LogP contribution in [0.1, 0.15) is 54.9 Å². The lowest BCUT2D eigenvalue weighted by molar-refractivity contribution is -0.115. The van der Waals surface area contributed by atoms with Crippen molar-refractivity contribution in [3.8, 4) is 0 Å². The number of hydrogen-bond donors (Lipinski definition) is 2. The van der Waals surface area contributed by atoms with Gasteiger partial charge in [0.1, 0.15) is 0 Å². The van der Waals surface area contributed by atoms with Crippen molar-refractivity contribution in [2.24, 2.45) is 0 Å². The average molecular weight is 432 g/mol. The number of ketones is 2. The number of aromatic amines is 1. The summed E-state index contributed by atoms with van der Waals surface area (Å²) in [6, 6.07) is 15.7. The van der Waals surface area contributed by atoms with Crippen molar-refractivity contribution >= 4 is 29.1 Å². The highest BCUT2D eigenvalue weighted by Gasteiger charge is 2.22. The van der Waals surface area contributed by atoms with Gasteiger partial charge in [-0.3, -0.25) is 14.4 Å². The first-order chi connectivity index (χ1) is 15.3. The van der Waals surface area contributed by atoms with Crippen LogP contribution in [0, 0.1) is 13.8 Å². The van der Waals surface area contributed by atoms with Gasteiger partial charge in [-0.25, -0.2) is 4.79 Å². The summed E-state index contributed by atoms with van der Waals surface area (Å²) >= 11 is 0. The lowest BCUT2D eigenvalue weighted by Gasteiger charge is -2.11. The number of carbonyl (C=O) groups is 4. The molecule has 0 saturated carbocycles. The third-order valence-corrected chi connectivity index (χ3v) is 5.03. The number of carbonyl (C=O) groups excluding carboxylic acids is 4. The van der Waals surface area contributed by atoms with Crippen LogP contribution in [0.3, 0.4) is 0 Å². The van der Waals surface area contributed by atoms with Gasteiger partial charge in [-0.15, -0.1) is 0 Å². The molecule has 1 heterocycles. The third-order valence-electron chi connectivity index (χ3n) is 5.03. The second kappa shape index (κ2) is 9.87. The molecule has 0 bridgehead atoms. The van der Waals surface area contributed by atoms with Crippen LogP contribution >= 0.6 is 0 Å². The maximum absolute atomic E-state index is 12.6. The Morgan fingerprint density at radius 3 is 2.25 bits per heavy atom. The van der Waals surface area contributed by atoms with Crippen LogP contribution in [0.2, 0.25) is 0 Å². The Bertz CT molecular complexity index is 1180. The quantitative estimate of drug-likeness (QED) is 0.413. The van der Waals surface area contributed by atoms with Crippen LogP contribution in [-0.2, 0) is 16.0 Å². The van der Waals surface area contributed by atoms with E-state index in [9.17, 15) is 19.2 Å². The van der Waals surface area contributed by atoms with Gasteiger partial charge in [0.2, 0.25) is 11.7 Å². The molecule has 1 aromatic heterocycles. The predicted octanol–water partition coefficient (Wildman–Crippen LogP) is 4.06. The van der Waals surface area contributed by atoms with Crippen molar-refractivity contribution in [1.29, 1.82) is 0 Å². The van der Waals surface area contributed by atoms with Crippen molar-refractivity contribution in [2.45, 2.75) is 27.2 Å². The number of benzene rings is 2. The summed E-state index contributed by atoms with van der Waals surface area (Å²) in [5.74, 6) is -1.60. The van der Waals surface area contributed by atoms with E-state index in [-0.39, 0.29) is 29.4 Å². The Morgan fingerprint density at radius 2 is 1.59 bits per heavy atom. The second-order valence-electron chi connectivity index (χ2n) is 7.44. The highest BCUT2D eigenvalue weighted by atomic mass is 16.5. The van der Waals surface area contributed by atoms with E-state index in [2.05, 4.69) is 10.3 Å². The van der Waals surface area contributed by atoms with Crippen molar-refractivity contribution in [1.82, 2.24) is 4.98 Å². The number of anilines is 1. The molecule has 7 nitrogen and oxygen atoms in total. The van der Waals surface area contributed by atoms with Gasteiger partial charge in [0.05, 0.1) is 23.4 Å². The zero-order valence-corrected chi connectivity index (χ0v) is 18.2. The minimum Gasteiger partial charge on any atom is -0.454 e. The first kappa shape index (κ1) is 22.7. The Kier molecular flexibility index (Phi) is 7.00. The Hall–Kier alpha value is -4.00. The number of hydrogen-bond acceptors (Lipinski definition) is 5. The zero-order valence-electron chi connectivity index (χ0n) is 18.2. The summed E-state index contributed by atoms with van der Waals surface area (Å²) in [6.07, 6.45) is 0.159. The number of Topliss-reactive ketones (excluding diaryl/α,β-unsaturated/α-hetero) is 2. The Labute approximate surface area is 185 Å². The van der Waals surface area contributed by atoms with Crippen LogP contribution < -0.4 is 5.32 Å². The third kappa shape index (κ3) is 5.18. The molecule has 0 fully saturated rings. The van der Waals surface area contributed by atoms with Crippen molar-refractivity contribution < 1.29 is 23.9 Å². The van der Waals surface area contributed by atoms with Crippen molar-refractivity contribution in [2.75, 3.05) is 11.9 Å². The van der Waals surface area contributed by atoms with E-state index in [1.165, 1.54) is 13.0 Å². The van der Waals surface area contributed by atoms with E-state index in [4.69, 9.17) is 4.74 Å². The minimum absolute atomic E-state index is 0.144. The number of rotatable bonds is 8. The lowest BCUT2D eigenvalue weighted by Crippen LogP contribution is -2.19. The van der Waals surface area contributed by atoms with Gasteiger partial charge in [0, 0.05) is 11.3 Å². The molecule has 0 saturated heterocycles. The molecular formula is C25H24N2O5. The zero-order chi connectivity index (χ0) is 23.3. The van der Waals surface area contributed by atoms with Crippen LogP contribution in [0.15, 0.2) is 54.6 Å². The molecule has 2 aromatic carbocycles. The molecule has 0 aliphatic carbocycles. The summed E-state index contributed by atoms with van der Waals surface area (Å²) < 4.78 is 5.20. The van der Waals surface area contributed by atoms with E-state index < -0.39 is 18.4 Å². The molecule has 2 N–H and O–H groups in total. The first-order valence-corrected chi connectivity index (χ1v) is 10.1. The molecule has 3 rings (SSSR count). The maximum Gasteiger partial charge on any atom is 0.340 e. The number of nitrogens with one attached hydrogen (secondary N) is 2. The molecule has 32 heavy (non-hydrogen) atoms. The molecule has 0 aliphatic rings. The molecule has 0 unspecified atom stereocenters. The summed E-state index contributed by atoms with van der Waals surface area (Å²) in [7, 11) is 0. The fourth-order valence-electron chi connectivity index (χ4n) is 3.58. The minimum atomic E-state index is -0.735. The molecule has 0 radical (unpaired) electrons. The van der Waals surface area contributed by atoms with Crippen LogP contribution in [0.4, 0.5) is 5.69 Å². The van der Waals surface area contributed by atoms with Gasteiger partial charge in [-0.2, -0.15) is 0 Å². The van der Waals surface area contributed by atoms with E-state index in [1.54, 1.807) is 32.0 Å². The molecule has 0 atom stereocenters. The number of para-hydroxylation sites is 1. The molecule has 0 aliphatic heterocycles. The summed E-state index contributed by atoms with van der Waals surface area (Å²) in [5.41, 5.74) is 3.12. The summed E-state index contributed by atoms with van der Waals surface area (Å²) in [5, 5.41) is 2.72. The normalized spacial score (nSPS) is 10.5. The molecule has 3 aromatic rings. The molecule has 164 valence electrons.